The number of allylic oxidation sites excluding steroid dienone is 2. The SMILES string of the molecule is COC(=O)[C@]12CCC(C)(C)C[C@H]1C1=CC[C@@H]3[C@@]4(C)C[C@@H](OC(=O)c5ccccc5)/C(=N\OC(C)=O)[C@](C)(COC(C)=O)[C@@H]4CC[C@@]3(C)[C@]1(C)CC2. The van der Waals surface area contributed by atoms with Gasteiger partial charge in [0.2, 0.25) is 0 Å². The van der Waals surface area contributed by atoms with E-state index in [1.165, 1.54) is 26.5 Å². The molecular weight excluding hydrogens is 646 g/mol. The average Bonchev–Trinajstić information content (AvgIpc) is 3.07. The Morgan fingerprint density at radius 1 is 0.843 bits per heavy atom. The Morgan fingerprint density at radius 3 is 2.18 bits per heavy atom. The fourth-order valence-electron chi connectivity index (χ4n) is 12.1. The summed E-state index contributed by atoms with van der Waals surface area (Å²) in [6, 6.07) is 8.85. The van der Waals surface area contributed by atoms with Gasteiger partial charge in [0.1, 0.15) is 18.4 Å². The van der Waals surface area contributed by atoms with E-state index in [-0.39, 0.29) is 52.0 Å². The molecule has 9 heteroatoms. The van der Waals surface area contributed by atoms with Crippen LogP contribution in [-0.2, 0) is 33.4 Å². The van der Waals surface area contributed by atoms with Crippen molar-refractivity contribution < 1.29 is 38.2 Å². The molecule has 0 spiro atoms. The van der Waals surface area contributed by atoms with Crippen LogP contribution in [-0.4, -0.2) is 49.4 Å². The third-order valence-corrected chi connectivity index (χ3v) is 14.9. The van der Waals surface area contributed by atoms with Gasteiger partial charge < -0.3 is 19.0 Å². The van der Waals surface area contributed by atoms with Crippen molar-refractivity contribution in [2.45, 2.75) is 119 Å². The van der Waals surface area contributed by atoms with Gasteiger partial charge >= 0.3 is 23.9 Å². The van der Waals surface area contributed by atoms with E-state index in [4.69, 9.17) is 19.0 Å². The summed E-state index contributed by atoms with van der Waals surface area (Å²) >= 11 is 0. The summed E-state index contributed by atoms with van der Waals surface area (Å²) in [5.74, 6) is -1.27. The molecular formula is C42H57NO8. The summed E-state index contributed by atoms with van der Waals surface area (Å²) in [7, 11) is 1.53. The number of nitrogens with zero attached hydrogens (tertiary/aromatic N) is 1. The Morgan fingerprint density at radius 2 is 1.53 bits per heavy atom. The number of fused-ring (bicyclic) bond motifs is 7. The van der Waals surface area contributed by atoms with Crippen LogP contribution in [0.1, 0.15) is 124 Å². The number of benzene rings is 1. The zero-order valence-corrected chi connectivity index (χ0v) is 32.1. The van der Waals surface area contributed by atoms with Crippen LogP contribution in [0, 0.1) is 50.2 Å². The van der Waals surface area contributed by atoms with E-state index < -0.39 is 34.8 Å². The van der Waals surface area contributed by atoms with Crippen LogP contribution >= 0.6 is 0 Å². The van der Waals surface area contributed by atoms with E-state index in [2.05, 4.69) is 45.9 Å². The molecule has 0 radical (unpaired) electrons. The number of ether oxygens (including phenoxy) is 3. The third-order valence-electron chi connectivity index (χ3n) is 14.9. The Bertz CT molecular complexity index is 1650. The van der Waals surface area contributed by atoms with Crippen LogP contribution in [0.15, 0.2) is 47.1 Å². The first-order valence-corrected chi connectivity index (χ1v) is 18.8. The first-order chi connectivity index (χ1) is 23.9. The van der Waals surface area contributed by atoms with Crippen LogP contribution in [0.4, 0.5) is 0 Å². The van der Waals surface area contributed by atoms with Crippen molar-refractivity contribution >= 4 is 29.6 Å². The van der Waals surface area contributed by atoms with E-state index in [0.717, 1.165) is 51.4 Å². The fourth-order valence-corrected chi connectivity index (χ4v) is 12.1. The predicted octanol–water partition coefficient (Wildman–Crippen LogP) is 8.26. The lowest BCUT2D eigenvalue weighted by Gasteiger charge is -2.71. The number of hydrogen-bond donors (Lipinski definition) is 0. The van der Waals surface area contributed by atoms with Crippen molar-refractivity contribution in [1.82, 2.24) is 0 Å². The van der Waals surface area contributed by atoms with E-state index in [1.807, 2.05) is 13.0 Å². The van der Waals surface area contributed by atoms with Crippen molar-refractivity contribution in [3.63, 3.8) is 0 Å². The minimum absolute atomic E-state index is 0.0165. The number of oxime groups is 1. The van der Waals surface area contributed by atoms with Gasteiger partial charge in [-0.15, -0.1) is 0 Å². The van der Waals surface area contributed by atoms with Gasteiger partial charge in [0, 0.05) is 13.8 Å². The molecule has 0 aliphatic heterocycles. The molecule has 9 nitrogen and oxygen atoms in total. The van der Waals surface area contributed by atoms with Crippen molar-refractivity contribution in [1.29, 1.82) is 0 Å². The van der Waals surface area contributed by atoms with E-state index in [1.54, 1.807) is 24.3 Å². The van der Waals surface area contributed by atoms with Crippen LogP contribution in [0.25, 0.3) is 0 Å². The number of esters is 3. The van der Waals surface area contributed by atoms with Crippen LogP contribution < -0.4 is 0 Å². The summed E-state index contributed by atoms with van der Waals surface area (Å²) in [4.78, 5) is 57.2. The summed E-state index contributed by atoms with van der Waals surface area (Å²) in [6.07, 6.45) is 9.21. The highest BCUT2D eigenvalue weighted by atomic mass is 16.7. The molecule has 4 saturated carbocycles. The largest absolute Gasteiger partial charge is 0.469 e. The molecule has 51 heavy (non-hydrogen) atoms. The Labute approximate surface area is 303 Å². The van der Waals surface area contributed by atoms with Crippen molar-refractivity contribution in [3.8, 4) is 0 Å². The zero-order chi connectivity index (χ0) is 37.2. The Balaban J connectivity index is 1.47. The highest BCUT2D eigenvalue weighted by molar-refractivity contribution is 5.99. The second kappa shape index (κ2) is 12.9. The molecule has 9 atom stereocenters. The van der Waals surface area contributed by atoms with Crippen molar-refractivity contribution in [2.24, 2.45) is 55.4 Å². The fraction of sp³-hybridized carbons (Fsp3) is 0.690. The molecule has 278 valence electrons. The summed E-state index contributed by atoms with van der Waals surface area (Å²) in [5.41, 5.74) is 0.323. The van der Waals surface area contributed by atoms with Gasteiger partial charge in [-0.3, -0.25) is 9.59 Å². The van der Waals surface area contributed by atoms with Crippen LogP contribution in [0.5, 0.6) is 0 Å². The summed E-state index contributed by atoms with van der Waals surface area (Å²) in [6.45, 7) is 16.6. The number of carbonyl (C=O) groups excluding carboxylic acids is 4. The molecule has 0 N–H and O–H groups in total. The lowest BCUT2D eigenvalue weighted by Crippen LogP contribution is -2.67. The molecule has 0 heterocycles. The number of carbonyl (C=O) groups is 4. The third kappa shape index (κ3) is 5.85. The maximum Gasteiger partial charge on any atom is 0.338 e. The van der Waals surface area contributed by atoms with Gasteiger partial charge in [0.05, 0.1) is 23.5 Å². The minimum Gasteiger partial charge on any atom is -0.469 e. The lowest BCUT2D eigenvalue weighted by atomic mass is 9.33. The molecule has 0 aromatic heterocycles. The van der Waals surface area contributed by atoms with E-state index in [9.17, 15) is 19.2 Å². The quantitative estimate of drug-likeness (QED) is 0.0956. The standard InChI is InChI=1S/C42H57NO8/c1-26(44)49-25-39(6)32-17-18-41(8)33(16-15-29-30-23-37(3,4)19-21-42(30,36(47)48-9)22-20-40(29,41)7)38(32,5)24-31(34(39)43-51-27(2)45)50-35(46)28-13-11-10-12-14-28/h10-15,30-33H,16-25H2,1-9H3/b43-34+/t30-,31+,32+,33+,38-,39+,40+,41+,42-/m0/s1. The monoisotopic (exact) mass is 703 g/mol. The second-order valence-corrected chi connectivity index (χ2v) is 18.1. The maximum atomic E-state index is 13.7. The van der Waals surface area contributed by atoms with Gasteiger partial charge in [-0.1, -0.05) is 76.5 Å². The van der Waals surface area contributed by atoms with E-state index >= 15 is 0 Å². The second-order valence-electron chi connectivity index (χ2n) is 18.1. The van der Waals surface area contributed by atoms with E-state index in [0.29, 0.717) is 17.7 Å². The summed E-state index contributed by atoms with van der Waals surface area (Å²) < 4.78 is 17.7. The number of hydrogen-bond acceptors (Lipinski definition) is 9. The van der Waals surface area contributed by atoms with Crippen molar-refractivity contribution in [3.05, 3.63) is 47.5 Å². The number of rotatable bonds is 6. The molecule has 5 aliphatic rings. The first kappa shape index (κ1) is 37.3. The minimum atomic E-state index is -0.887. The molecule has 5 aliphatic carbocycles. The average molecular weight is 704 g/mol. The first-order valence-electron chi connectivity index (χ1n) is 18.8. The van der Waals surface area contributed by atoms with Crippen LogP contribution in [0.2, 0.25) is 0 Å². The topological polar surface area (TPSA) is 118 Å². The zero-order valence-electron chi connectivity index (χ0n) is 32.1. The highest BCUT2D eigenvalue weighted by Crippen LogP contribution is 2.75. The Kier molecular flexibility index (Phi) is 9.41. The van der Waals surface area contributed by atoms with Crippen LogP contribution in [0.3, 0.4) is 0 Å². The van der Waals surface area contributed by atoms with Gasteiger partial charge in [-0.2, -0.15) is 0 Å². The molecule has 0 bridgehead atoms. The lowest BCUT2D eigenvalue weighted by molar-refractivity contribution is -0.190. The van der Waals surface area contributed by atoms with Gasteiger partial charge in [-0.05, 0) is 109 Å². The molecule has 1 aromatic rings. The Hall–Kier alpha value is -3.49. The molecule has 4 fully saturated rings. The normalized spacial score (nSPS) is 40.3. The van der Waals surface area contributed by atoms with Gasteiger partial charge in [0.25, 0.3) is 0 Å². The number of methoxy groups -OCH3 is 1. The van der Waals surface area contributed by atoms with Gasteiger partial charge in [0.15, 0.2) is 0 Å². The highest BCUT2D eigenvalue weighted by Gasteiger charge is 2.71. The maximum absolute atomic E-state index is 13.7. The molecule has 6 rings (SSSR count). The smallest absolute Gasteiger partial charge is 0.338 e. The predicted molar refractivity (Wildman–Crippen MR) is 192 cm³/mol. The molecule has 0 saturated heterocycles. The van der Waals surface area contributed by atoms with Gasteiger partial charge in [-0.25, -0.2) is 9.59 Å². The molecule has 1 aromatic carbocycles. The molecule has 0 amide bonds. The molecule has 0 unspecified atom stereocenters. The summed E-state index contributed by atoms with van der Waals surface area (Å²) in [5, 5.41) is 4.40. The van der Waals surface area contributed by atoms with Crippen molar-refractivity contribution in [2.75, 3.05) is 13.7 Å².